The number of piperazine rings is 1. The third-order valence-electron chi connectivity index (χ3n) is 7.13. The van der Waals surface area contributed by atoms with Crippen molar-refractivity contribution in [2.24, 2.45) is 21.1 Å². The van der Waals surface area contributed by atoms with Crippen LogP contribution in [0.25, 0.3) is 0 Å². The molecule has 3 atom stereocenters. The summed E-state index contributed by atoms with van der Waals surface area (Å²) < 4.78 is 30.8. The number of hydrogen-bond acceptors (Lipinski definition) is 6. The number of hydrogen-bond donors (Lipinski definition) is 2. The van der Waals surface area contributed by atoms with E-state index < -0.39 is 11.6 Å². The maximum Gasteiger partial charge on any atom is 0.217 e. The van der Waals surface area contributed by atoms with Gasteiger partial charge in [0.1, 0.15) is 23.4 Å². The van der Waals surface area contributed by atoms with Gasteiger partial charge in [0.2, 0.25) is 11.9 Å². The van der Waals surface area contributed by atoms with Crippen LogP contribution in [0.15, 0.2) is 51.8 Å². The zero-order valence-electron chi connectivity index (χ0n) is 23.6. The number of amides is 1. The van der Waals surface area contributed by atoms with E-state index in [1.807, 2.05) is 30.9 Å². The highest BCUT2D eigenvalue weighted by molar-refractivity contribution is 6.01. The fraction of sp³-hybridized carbons (Fsp3) is 0.448. The summed E-state index contributed by atoms with van der Waals surface area (Å²) in [5.74, 6) is -0.837. The third kappa shape index (κ3) is 6.75. The second kappa shape index (κ2) is 12.4. The number of carbonyl (C=O) groups is 1. The van der Waals surface area contributed by atoms with Crippen molar-refractivity contribution in [3.63, 3.8) is 0 Å². The largest absolute Gasteiger partial charge is 0.390 e. The lowest BCUT2D eigenvalue weighted by molar-refractivity contribution is -0.119. The monoisotopic (exact) mass is 553 g/mol. The number of carbonyl (C=O) groups excluding carboxylic acids is 1. The molecule has 9 nitrogen and oxygen atoms in total. The summed E-state index contributed by atoms with van der Waals surface area (Å²) in [5.41, 5.74) is 9.06. The fourth-order valence-corrected chi connectivity index (χ4v) is 5.08. The number of anilines is 1. The minimum absolute atomic E-state index is 0.0870. The molecular weight excluding hydrogens is 516 g/mol. The van der Waals surface area contributed by atoms with Gasteiger partial charge in [-0.15, -0.1) is 5.10 Å². The third-order valence-corrected chi connectivity index (χ3v) is 7.13. The lowest BCUT2D eigenvalue weighted by Gasteiger charge is -2.46. The molecule has 0 radical (unpaired) electrons. The summed E-state index contributed by atoms with van der Waals surface area (Å²) >= 11 is 0. The van der Waals surface area contributed by atoms with Gasteiger partial charge < -0.3 is 25.7 Å². The van der Waals surface area contributed by atoms with Gasteiger partial charge in [0, 0.05) is 44.1 Å². The molecule has 2 aliphatic heterocycles. The predicted octanol–water partition coefficient (Wildman–Crippen LogP) is 3.97. The quantitative estimate of drug-likeness (QED) is 0.307. The van der Waals surface area contributed by atoms with Crippen LogP contribution in [0.5, 0.6) is 0 Å². The van der Waals surface area contributed by atoms with Crippen molar-refractivity contribution in [2.45, 2.75) is 65.1 Å². The van der Waals surface area contributed by atoms with Gasteiger partial charge in [-0.1, -0.05) is 43.3 Å². The first-order chi connectivity index (χ1) is 19.0. The Morgan fingerprint density at radius 2 is 1.80 bits per heavy atom. The Morgan fingerprint density at radius 1 is 1.18 bits per heavy atom. The SMILES string of the molecule is CC(=O)NCC1CC(c2cc(F)c(N3C(C)CN(/C(N)=N/N=C\c4ccc(C(C)C)cc4)CC3C)c(F)c2)=NO1. The summed E-state index contributed by atoms with van der Waals surface area (Å²) in [6.07, 6.45) is 1.61. The summed E-state index contributed by atoms with van der Waals surface area (Å²) in [5, 5.41) is 14.9. The number of rotatable bonds is 7. The molecule has 3 N–H and O–H groups in total. The lowest BCUT2D eigenvalue weighted by Crippen LogP contribution is -2.60. The van der Waals surface area contributed by atoms with E-state index in [1.165, 1.54) is 24.6 Å². The van der Waals surface area contributed by atoms with Gasteiger partial charge in [-0.25, -0.2) is 8.78 Å². The number of oxime groups is 1. The number of guanidine groups is 1. The molecule has 2 aromatic carbocycles. The van der Waals surface area contributed by atoms with Crippen LogP contribution in [0.3, 0.4) is 0 Å². The molecule has 1 saturated heterocycles. The first kappa shape index (κ1) is 29.0. The number of nitrogens with one attached hydrogen (secondary N) is 1. The average molecular weight is 554 g/mol. The van der Waals surface area contributed by atoms with Crippen molar-refractivity contribution in [3.05, 3.63) is 64.7 Å². The first-order valence-electron chi connectivity index (χ1n) is 13.5. The van der Waals surface area contributed by atoms with Gasteiger partial charge in [0.05, 0.1) is 18.5 Å². The van der Waals surface area contributed by atoms with E-state index in [0.29, 0.717) is 36.7 Å². The van der Waals surface area contributed by atoms with Gasteiger partial charge in [0.15, 0.2) is 0 Å². The van der Waals surface area contributed by atoms with Crippen LogP contribution in [0.1, 0.15) is 63.6 Å². The summed E-state index contributed by atoms with van der Waals surface area (Å²) in [6.45, 7) is 10.6. The molecule has 0 aliphatic carbocycles. The number of nitrogens with two attached hydrogens (primary N) is 1. The Labute approximate surface area is 233 Å². The Kier molecular flexibility index (Phi) is 9.01. The van der Waals surface area contributed by atoms with Crippen LogP contribution in [0.4, 0.5) is 14.5 Å². The molecule has 2 aliphatic rings. The van der Waals surface area contributed by atoms with Gasteiger partial charge in [-0.05, 0) is 43.0 Å². The van der Waals surface area contributed by atoms with Crippen molar-refractivity contribution in [1.29, 1.82) is 0 Å². The number of halogens is 2. The smallest absolute Gasteiger partial charge is 0.217 e. The fourth-order valence-electron chi connectivity index (χ4n) is 5.08. The predicted molar refractivity (Wildman–Crippen MR) is 154 cm³/mol. The standard InChI is InChI=1S/C29H37F2N7O2/c1-17(2)22-8-6-21(7-9-22)13-34-35-29(32)37-15-18(3)38(19(4)16-37)28-25(30)10-23(11-26(28)31)27-12-24(40-36-27)14-33-20(5)39/h6-11,13,17-19,24H,12,14-16H2,1-5H3,(H2,32,35)(H,33,39)/b34-13-. The highest BCUT2D eigenvalue weighted by Crippen LogP contribution is 2.32. The van der Waals surface area contributed by atoms with E-state index in [-0.39, 0.29) is 42.3 Å². The maximum absolute atomic E-state index is 15.4. The first-order valence-corrected chi connectivity index (χ1v) is 13.5. The molecule has 4 rings (SSSR count). The normalized spacial score (nSPS) is 21.6. The van der Waals surface area contributed by atoms with Crippen molar-refractivity contribution >= 4 is 29.5 Å². The van der Waals surface area contributed by atoms with Crippen molar-refractivity contribution in [1.82, 2.24) is 10.2 Å². The second-order valence-electron chi connectivity index (χ2n) is 10.7. The van der Waals surface area contributed by atoms with Gasteiger partial charge in [-0.3, -0.25) is 4.79 Å². The van der Waals surface area contributed by atoms with E-state index in [2.05, 4.69) is 46.7 Å². The highest BCUT2D eigenvalue weighted by Gasteiger charge is 2.34. The van der Waals surface area contributed by atoms with Gasteiger partial charge in [0.25, 0.3) is 0 Å². The van der Waals surface area contributed by atoms with Crippen molar-refractivity contribution in [2.75, 3.05) is 24.5 Å². The lowest BCUT2D eigenvalue weighted by atomic mass is 10.0. The molecule has 11 heteroatoms. The minimum Gasteiger partial charge on any atom is -0.390 e. The Hall–Kier alpha value is -4.02. The molecule has 2 heterocycles. The van der Waals surface area contributed by atoms with E-state index in [1.54, 1.807) is 11.1 Å². The van der Waals surface area contributed by atoms with E-state index >= 15 is 8.78 Å². The molecule has 0 aromatic heterocycles. The minimum atomic E-state index is -0.676. The molecular formula is C29H37F2N7O2. The van der Waals surface area contributed by atoms with Crippen molar-refractivity contribution in [3.8, 4) is 0 Å². The van der Waals surface area contributed by atoms with E-state index in [9.17, 15) is 4.79 Å². The van der Waals surface area contributed by atoms with Crippen LogP contribution in [0, 0.1) is 11.6 Å². The van der Waals surface area contributed by atoms with E-state index in [0.717, 1.165) is 5.56 Å². The van der Waals surface area contributed by atoms with Gasteiger partial charge in [-0.2, -0.15) is 5.10 Å². The topological polar surface area (TPSA) is 108 Å². The molecule has 0 bridgehead atoms. The zero-order chi connectivity index (χ0) is 29.0. The molecule has 2 aromatic rings. The summed E-state index contributed by atoms with van der Waals surface area (Å²) in [7, 11) is 0. The number of benzene rings is 2. The van der Waals surface area contributed by atoms with Crippen LogP contribution in [-0.4, -0.2) is 66.5 Å². The molecule has 214 valence electrons. The van der Waals surface area contributed by atoms with E-state index in [4.69, 9.17) is 10.6 Å². The highest BCUT2D eigenvalue weighted by atomic mass is 19.1. The van der Waals surface area contributed by atoms with Crippen molar-refractivity contribution < 1.29 is 18.4 Å². The van der Waals surface area contributed by atoms with Crippen LogP contribution < -0.4 is 16.0 Å². The van der Waals surface area contributed by atoms with Crippen LogP contribution in [0.2, 0.25) is 0 Å². The second-order valence-corrected chi connectivity index (χ2v) is 10.7. The van der Waals surface area contributed by atoms with Crippen LogP contribution >= 0.6 is 0 Å². The molecule has 40 heavy (non-hydrogen) atoms. The average Bonchev–Trinajstić information content (AvgIpc) is 3.38. The molecule has 0 spiro atoms. The molecule has 0 saturated carbocycles. The summed E-state index contributed by atoms with van der Waals surface area (Å²) in [6, 6.07) is 10.1. The Morgan fingerprint density at radius 3 is 2.38 bits per heavy atom. The summed E-state index contributed by atoms with van der Waals surface area (Å²) in [4.78, 5) is 20.1. The molecule has 1 fully saturated rings. The van der Waals surface area contributed by atoms with Crippen LogP contribution in [-0.2, 0) is 9.63 Å². The number of nitrogens with zero attached hydrogens (tertiary/aromatic N) is 5. The van der Waals surface area contributed by atoms with Gasteiger partial charge >= 0.3 is 0 Å². The molecule has 3 unspecified atom stereocenters. The molecule has 1 amide bonds. The Bertz CT molecular complexity index is 1270. The zero-order valence-corrected chi connectivity index (χ0v) is 23.6. The Balaban J connectivity index is 1.42. The maximum atomic E-state index is 15.4.